The Morgan fingerprint density at radius 2 is 1.90 bits per heavy atom. The van der Waals surface area contributed by atoms with Gasteiger partial charge in [0.05, 0.1) is 17.4 Å². The van der Waals surface area contributed by atoms with Crippen molar-refractivity contribution in [2.45, 2.75) is 12.6 Å². The molecule has 1 N–H and O–H groups in total. The molecule has 3 aromatic heterocycles. The Bertz CT molecular complexity index is 1150. The van der Waals surface area contributed by atoms with Crippen LogP contribution < -0.4 is 5.32 Å². The molecule has 0 aliphatic carbocycles. The van der Waals surface area contributed by atoms with Gasteiger partial charge in [-0.15, -0.1) is 11.3 Å². The molecule has 4 aromatic rings. The number of nitrogens with zero attached hydrogens (tertiary/aromatic N) is 4. The maximum Gasteiger partial charge on any atom is 0.416 e. The second kappa shape index (κ2) is 8.07. The van der Waals surface area contributed by atoms with Gasteiger partial charge in [-0.1, -0.05) is 12.1 Å². The van der Waals surface area contributed by atoms with Crippen LogP contribution in [0.2, 0.25) is 0 Å². The fraction of sp³-hybridized carbons (Fsp3) is 0.100. The first-order chi connectivity index (χ1) is 14.4. The molecule has 1 amide bonds. The molecule has 3 heterocycles. The second-order valence-electron chi connectivity index (χ2n) is 6.31. The van der Waals surface area contributed by atoms with Crippen molar-refractivity contribution in [3.63, 3.8) is 0 Å². The lowest BCUT2D eigenvalue weighted by molar-refractivity contribution is -0.137. The van der Waals surface area contributed by atoms with Gasteiger partial charge in [-0.2, -0.15) is 18.3 Å². The van der Waals surface area contributed by atoms with Crippen LogP contribution in [-0.2, 0) is 12.6 Å². The van der Waals surface area contributed by atoms with E-state index in [4.69, 9.17) is 0 Å². The average molecular weight is 429 g/mol. The molecule has 0 aliphatic rings. The SMILES string of the molecule is O=C(Nc1ncc(Cc2ccc(C(F)(F)F)cc2)s1)c1ccn(-c2cccnc2)n1. The number of nitrogens with one attached hydrogen (secondary N) is 1. The number of hydrogen-bond donors (Lipinski definition) is 1. The van der Waals surface area contributed by atoms with Gasteiger partial charge in [-0.3, -0.25) is 15.1 Å². The van der Waals surface area contributed by atoms with E-state index in [2.05, 4.69) is 20.4 Å². The van der Waals surface area contributed by atoms with E-state index in [1.54, 1.807) is 41.6 Å². The lowest BCUT2D eigenvalue weighted by atomic mass is 10.1. The van der Waals surface area contributed by atoms with Crippen LogP contribution in [0.25, 0.3) is 5.69 Å². The monoisotopic (exact) mass is 429 g/mol. The number of thiazole rings is 1. The third kappa shape index (κ3) is 4.54. The number of alkyl halides is 3. The van der Waals surface area contributed by atoms with Crippen LogP contribution in [0.3, 0.4) is 0 Å². The van der Waals surface area contributed by atoms with E-state index in [0.717, 1.165) is 28.3 Å². The van der Waals surface area contributed by atoms with Crippen molar-refractivity contribution in [3.05, 3.63) is 88.9 Å². The number of benzene rings is 1. The summed E-state index contributed by atoms with van der Waals surface area (Å²) >= 11 is 1.25. The Morgan fingerprint density at radius 3 is 2.60 bits per heavy atom. The molecular weight excluding hydrogens is 415 g/mol. The van der Waals surface area contributed by atoms with Gasteiger partial charge >= 0.3 is 6.18 Å². The zero-order valence-corrected chi connectivity index (χ0v) is 16.1. The minimum absolute atomic E-state index is 0.221. The van der Waals surface area contributed by atoms with Crippen molar-refractivity contribution in [1.82, 2.24) is 19.7 Å². The number of carbonyl (C=O) groups excluding carboxylic acids is 1. The maximum atomic E-state index is 12.7. The quantitative estimate of drug-likeness (QED) is 0.504. The topological polar surface area (TPSA) is 72.7 Å². The largest absolute Gasteiger partial charge is 0.416 e. The summed E-state index contributed by atoms with van der Waals surface area (Å²) in [7, 11) is 0. The zero-order valence-electron chi connectivity index (χ0n) is 15.3. The molecule has 30 heavy (non-hydrogen) atoms. The number of rotatable bonds is 5. The zero-order chi connectivity index (χ0) is 21.1. The Balaban J connectivity index is 1.40. The van der Waals surface area contributed by atoms with E-state index in [-0.39, 0.29) is 5.69 Å². The lowest BCUT2D eigenvalue weighted by Crippen LogP contribution is -2.12. The van der Waals surface area contributed by atoms with Crippen LogP contribution in [0.4, 0.5) is 18.3 Å². The van der Waals surface area contributed by atoms with Crippen LogP contribution in [0.15, 0.2) is 67.3 Å². The highest BCUT2D eigenvalue weighted by Gasteiger charge is 2.29. The first kappa shape index (κ1) is 19.8. The number of carbonyl (C=O) groups is 1. The highest BCUT2D eigenvalue weighted by Crippen LogP contribution is 2.30. The predicted octanol–water partition coefficient (Wildman–Crippen LogP) is 4.59. The minimum atomic E-state index is -4.36. The van der Waals surface area contributed by atoms with Crippen molar-refractivity contribution in [2.24, 2.45) is 0 Å². The van der Waals surface area contributed by atoms with Crippen molar-refractivity contribution in [2.75, 3.05) is 5.32 Å². The molecule has 6 nitrogen and oxygen atoms in total. The summed E-state index contributed by atoms with van der Waals surface area (Å²) in [4.78, 5) is 21.4. The molecule has 0 spiro atoms. The smallest absolute Gasteiger partial charge is 0.296 e. The van der Waals surface area contributed by atoms with Gasteiger partial charge in [0.1, 0.15) is 0 Å². The molecule has 0 bridgehead atoms. The molecule has 0 aliphatic heterocycles. The lowest BCUT2D eigenvalue weighted by Gasteiger charge is -2.06. The summed E-state index contributed by atoms with van der Waals surface area (Å²) in [6.45, 7) is 0. The third-order valence-corrected chi connectivity index (χ3v) is 5.08. The molecule has 0 fully saturated rings. The first-order valence-corrected chi connectivity index (χ1v) is 9.58. The maximum absolute atomic E-state index is 12.7. The van der Waals surface area contributed by atoms with Crippen LogP contribution in [0.5, 0.6) is 0 Å². The van der Waals surface area contributed by atoms with Crippen LogP contribution >= 0.6 is 11.3 Å². The average Bonchev–Trinajstić information content (AvgIpc) is 3.38. The highest BCUT2D eigenvalue weighted by atomic mass is 32.1. The Morgan fingerprint density at radius 1 is 1.10 bits per heavy atom. The number of halogens is 3. The van der Waals surface area contributed by atoms with Crippen molar-refractivity contribution >= 4 is 22.4 Å². The van der Waals surface area contributed by atoms with Crippen molar-refractivity contribution < 1.29 is 18.0 Å². The molecule has 0 atom stereocenters. The van der Waals surface area contributed by atoms with Crippen LogP contribution in [0.1, 0.15) is 26.5 Å². The highest BCUT2D eigenvalue weighted by molar-refractivity contribution is 7.15. The number of pyridine rings is 1. The fourth-order valence-electron chi connectivity index (χ4n) is 2.70. The van der Waals surface area contributed by atoms with E-state index in [1.807, 2.05) is 6.07 Å². The van der Waals surface area contributed by atoms with Gasteiger partial charge in [0, 0.05) is 29.9 Å². The summed E-state index contributed by atoms with van der Waals surface area (Å²) in [5, 5.41) is 7.30. The molecule has 10 heteroatoms. The van der Waals surface area contributed by atoms with Crippen LogP contribution in [-0.4, -0.2) is 25.7 Å². The van der Waals surface area contributed by atoms with Crippen LogP contribution in [0, 0.1) is 0 Å². The van der Waals surface area contributed by atoms with E-state index >= 15 is 0 Å². The standard InChI is InChI=1S/C20H14F3N5OS/c21-20(22,23)14-5-3-13(4-6-14)10-16-12-25-19(30-16)26-18(29)17-7-9-28(27-17)15-2-1-8-24-11-15/h1-9,11-12H,10H2,(H,25,26,29). The number of hydrogen-bond acceptors (Lipinski definition) is 5. The van der Waals surface area contributed by atoms with E-state index in [9.17, 15) is 18.0 Å². The fourth-order valence-corrected chi connectivity index (χ4v) is 3.54. The summed E-state index contributed by atoms with van der Waals surface area (Å²) in [6.07, 6.45) is 2.58. The Labute approximate surface area is 173 Å². The Kier molecular flexibility index (Phi) is 5.32. The second-order valence-corrected chi connectivity index (χ2v) is 7.43. The van der Waals surface area contributed by atoms with Gasteiger partial charge in [0.2, 0.25) is 0 Å². The molecule has 0 saturated carbocycles. The number of aromatic nitrogens is 4. The van der Waals surface area contributed by atoms with Crippen molar-refractivity contribution in [3.8, 4) is 5.69 Å². The molecule has 152 valence electrons. The van der Waals surface area contributed by atoms with Gasteiger partial charge < -0.3 is 0 Å². The molecule has 0 unspecified atom stereocenters. The van der Waals surface area contributed by atoms with Gasteiger partial charge in [0.25, 0.3) is 5.91 Å². The number of amides is 1. The molecule has 4 rings (SSSR count). The third-order valence-electron chi connectivity index (χ3n) is 4.17. The molecule has 0 saturated heterocycles. The first-order valence-electron chi connectivity index (χ1n) is 8.77. The Hall–Kier alpha value is -3.53. The van der Waals surface area contributed by atoms with E-state index < -0.39 is 17.6 Å². The summed E-state index contributed by atoms with van der Waals surface area (Å²) in [5.74, 6) is -0.409. The summed E-state index contributed by atoms with van der Waals surface area (Å²) < 4.78 is 39.5. The molecular formula is C20H14F3N5OS. The predicted molar refractivity (Wildman–Crippen MR) is 106 cm³/mol. The summed E-state index contributed by atoms with van der Waals surface area (Å²) in [6, 6.07) is 10.1. The number of anilines is 1. The minimum Gasteiger partial charge on any atom is -0.296 e. The van der Waals surface area contributed by atoms with Gasteiger partial charge in [-0.25, -0.2) is 9.67 Å². The van der Waals surface area contributed by atoms with E-state index in [0.29, 0.717) is 11.6 Å². The van der Waals surface area contributed by atoms with Gasteiger partial charge in [-0.05, 0) is 35.9 Å². The summed E-state index contributed by atoms with van der Waals surface area (Å²) in [5.41, 5.74) is 0.983. The van der Waals surface area contributed by atoms with Gasteiger partial charge in [0.15, 0.2) is 10.8 Å². The van der Waals surface area contributed by atoms with Crippen molar-refractivity contribution in [1.29, 1.82) is 0 Å². The normalized spacial score (nSPS) is 11.4. The molecule has 0 radical (unpaired) electrons. The molecule has 1 aromatic carbocycles. The van der Waals surface area contributed by atoms with E-state index in [1.165, 1.54) is 23.5 Å².